The maximum atomic E-state index is 11.9. The molecule has 0 aliphatic carbocycles. The first-order chi connectivity index (χ1) is 8.45. The first-order valence-corrected chi connectivity index (χ1v) is 5.85. The van der Waals surface area contributed by atoms with Crippen molar-refractivity contribution < 1.29 is 14.7 Å². The van der Waals surface area contributed by atoms with Crippen molar-refractivity contribution in [2.24, 2.45) is 0 Å². The largest absolute Gasteiger partial charge is 0.480 e. The van der Waals surface area contributed by atoms with E-state index >= 15 is 0 Å². The monoisotopic (exact) mass is 250 g/mol. The number of rotatable bonds is 5. The first-order valence-electron chi connectivity index (χ1n) is 5.85. The van der Waals surface area contributed by atoms with Gasteiger partial charge in [-0.2, -0.15) is 0 Å². The molecule has 4 N–H and O–H groups in total. The van der Waals surface area contributed by atoms with Crippen LogP contribution in [-0.2, 0) is 4.79 Å². The number of aryl methyl sites for hydroxylation is 1. The number of benzene rings is 1. The van der Waals surface area contributed by atoms with Crippen LogP contribution in [0.2, 0.25) is 0 Å². The lowest BCUT2D eigenvalue weighted by Gasteiger charge is -2.14. The minimum atomic E-state index is -1.02. The summed E-state index contributed by atoms with van der Waals surface area (Å²) in [4.78, 5) is 22.8. The van der Waals surface area contributed by atoms with E-state index in [1.54, 1.807) is 25.1 Å². The third-order valence-electron chi connectivity index (χ3n) is 2.71. The highest BCUT2D eigenvalue weighted by Crippen LogP contribution is 2.13. The van der Waals surface area contributed by atoms with Crippen molar-refractivity contribution in [1.29, 1.82) is 0 Å². The molecule has 0 heterocycles. The molecule has 1 rings (SSSR count). The Balaban J connectivity index is 2.80. The summed E-state index contributed by atoms with van der Waals surface area (Å²) in [5.74, 6) is -1.41. The molecule has 1 unspecified atom stereocenters. The quantitative estimate of drug-likeness (QED) is 0.691. The molecule has 1 atom stereocenters. The number of carbonyl (C=O) groups excluding carboxylic acids is 1. The molecule has 98 valence electrons. The molecule has 5 nitrogen and oxygen atoms in total. The highest BCUT2D eigenvalue weighted by molar-refractivity contribution is 5.97. The summed E-state index contributed by atoms with van der Waals surface area (Å²) in [6.45, 7) is 3.67. The summed E-state index contributed by atoms with van der Waals surface area (Å²) in [5.41, 5.74) is 7.48. The Bertz CT molecular complexity index is 458. The number of nitrogens with two attached hydrogens (primary N) is 1. The van der Waals surface area contributed by atoms with Crippen molar-refractivity contribution in [3.63, 3.8) is 0 Å². The molecule has 1 aromatic rings. The maximum Gasteiger partial charge on any atom is 0.326 e. The third kappa shape index (κ3) is 3.48. The van der Waals surface area contributed by atoms with Crippen molar-refractivity contribution >= 4 is 17.6 Å². The Labute approximate surface area is 106 Å². The zero-order valence-electron chi connectivity index (χ0n) is 10.6. The fourth-order valence-electron chi connectivity index (χ4n) is 1.60. The maximum absolute atomic E-state index is 11.9. The van der Waals surface area contributed by atoms with Crippen LogP contribution >= 0.6 is 0 Å². The van der Waals surface area contributed by atoms with Crippen LogP contribution in [0.4, 0.5) is 5.69 Å². The minimum absolute atomic E-state index is 0.390. The third-order valence-corrected chi connectivity index (χ3v) is 2.71. The molecule has 0 bridgehead atoms. The summed E-state index contributed by atoms with van der Waals surface area (Å²) in [5, 5.41) is 11.5. The van der Waals surface area contributed by atoms with E-state index in [0.29, 0.717) is 24.1 Å². The van der Waals surface area contributed by atoms with E-state index in [1.807, 2.05) is 6.92 Å². The van der Waals surface area contributed by atoms with Gasteiger partial charge in [0.05, 0.1) is 0 Å². The summed E-state index contributed by atoms with van der Waals surface area (Å²) >= 11 is 0. The van der Waals surface area contributed by atoms with Crippen molar-refractivity contribution in [3.8, 4) is 0 Å². The molecular formula is C13H18N2O3. The Morgan fingerprint density at radius 1 is 1.44 bits per heavy atom. The van der Waals surface area contributed by atoms with Crippen LogP contribution in [0, 0.1) is 6.92 Å². The van der Waals surface area contributed by atoms with E-state index in [0.717, 1.165) is 5.56 Å². The fourth-order valence-corrected chi connectivity index (χ4v) is 1.60. The highest BCUT2D eigenvalue weighted by Gasteiger charge is 2.19. The van der Waals surface area contributed by atoms with Crippen molar-refractivity contribution in [1.82, 2.24) is 5.32 Å². The Morgan fingerprint density at radius 3 is 2.61 bits per heavy atom. The van der Waals surface area contributed by atoms with E-state index in [4.69, 9.17) is 10.8 Å². The number of carbonyl (C=O) groups is 2. The number of nitrogens with one attached hydrogen (secondary N) is 1. The normalized spacial score (nSPS) is 11.9. The number of amides is 1. The van der Waals surface area contributed by atoms with Gasteiger partial charge in [0.25, 0.3) is 5.91 Å². The standard InChI is InChI=1S/C13H18N2O3/c1-3-4-11(13(17)18)15-12(16)9-5-6-10(14)8(2)7-9/h5-7,11H,3-4,14H2,1-2H3,(H,15,16)(H,17,18). The topological polar surface area (TPSA) is 92.4 Å². The number of hydrogen-bond donors (Lipinski definition) is 3. The zero-order chi connectivity index (χ0) is 13.7. The number of hydrogen-bond acceptors (Lipinski definition) is 3. The predicted octanol–water partition coefficient (Wildman–Crippen LogP) is 1.56. The van der Waals surface area contributed by atoms with Gasteiger partial charge < -0.3 is 16.2 Å². The van der Waals surface area contributed by atoms with Gasteiger partial charge in [0.1, 0.15) is 6.04 Å². The lowest BCUT2D eigenvalue weighted by molar-refractivity contribution is -0.139. The Hall–Kier alpha value is -2.04. The van der Waals surface area contributed by atoms with Crippen LogP contribution in [0.3, 0.4) is 0 Å². The summed E-state index contributed by atoms with van der Waals surface area (Å²) in [6.07, 6.45) is 1.10. The minimum Gasteiger partial charge on any atom is -0.480 e. The average Bonchev–Trinajstić information content (AvgIpc) is 2.31. The van der Waals surface area contributed by atoms with E-state index in [1.165, 1.54) is 0 Å². The van der Waals surface area contributed by atoms with Gasteiger partial charge in [-0.25, -0.2) is 4.79 Å². The number of carboxylic acid groups (broad SMARTS) is 1. The van der Waals surface area contributed by atoms with Crippen molar-refractivity contribution in [3.05, 3.63) is 29.3 Å². The molecule has 0 aromatic heterocycles. The van der Waals surface area contributed by atoms with Crippen LogP contribution in [0.5, 0.6) is 0 Å². The van der Waals surface area contributed by atoms with Gasteiger partial charge in [-0.1, -0.05) is 13.3 Å². The zero-order valence-corrected chi connectivity index (χ0v) is 10.6. The van der Waals surface area contributed by atoms with Crippen LogP contribution in [-0.4, -0.2) is 23.0 Å². The van der Waals surface area contributed by atoms with Crippen molar-refractivity contribution in [2.75, 3.05) is 5.73 Å². The van der Waals surface area contributed by atoms with Gasteiger partial charge in [-0.05, 0) is 37.1 Å². The molecule has 18 heavy (non-hydrogen) atoms. The molecule has 0 saturated carbocycles. The van der Waals surface area contributed by atoms with Gasteiger partial charge in [0.15, 0.2) is 0 Å². The van der Waals surface area contributed by atoms with Gasteiger partial charge in [0, 0.05) is 11.3 Å². The van der Waals surface area contributed by atoms with Crippen LogP contribution < -0.4 is 11.1 Å². The van der Waals surface area contributed by atoms with Crippen LogP contribution in [0.1, 0.15) is 35.7 Å². The van der Waals surface area contributed by atoms with E-state index < -0.39 is 12.0 Å². The molecule has 0 fully saturated rings. The van der Waals surface area contributed by atoms with Gasteiger partial charge in [-0.3, -0.25) is 4.79 Å². The molecule has 1 amide bonds. The summed E-state index contributed by atoms with van der Waals surface area (Å²) < 4.78 is 0. The lowest BCUT2D eigenvalue weighted by atomic mass is 10.1. The smallest absolute Gasteiger partial charge is 0.326 e. The molecule has 0 spiro atoms. The molecule has 5 heteroatoms. The predicted molar refractivity (Wildman–Crippen MR) is 69.4 cm³/mol. The molecule has 0 aliphatic rings. The van der Waals surface area contributed by atoms with E-state index in [2.05, 4.69) is 5.32 Å². The fraction of sp³-hybridized carbons (Fsp3) is 0.385. The number of anilines is 1. The second kappa shape index (κ2) is 6.05. The van der Waals surface area contributed by atoms with Gasteiger partial charge >= 0.3 is 5.97 Å². The number of carboxylic acids is 1. The van der Waals surface area contributed by atoms with Gasteiger partial charge in [-0.15, -0.1) is 0 Å². The Morgan fingerprint density at radius 2 is 2.11 bits per heavy atom. The SMILES string of the molecule is CCCC(NC(=O)c1ccc(N)c(C)c1)C(=O)O. The van der Waals surface area contributed by atoms with Gasteiger partial charge in [0.2, 0.25) is 0 Å². The Kier molecular flexibility index (Phi) is 4.71. The highest BCUT2D eigenvalue weighted by atomic mass is 16.4. The average molecular weight is 250 g/mol. The second-order valence-corrected chi connectivity index (χ2v) is 4.22. The van der Waals surface area contributed by atoms with Crippen molar-refractivity contribution in [2.45, 2.75) is 32.7 Å². The molecular weight excluding hydrogens is 232 g/mol. The van der Waals surface area contributed by atoms with Crippen LogP contribution in [0.25, 0.3) is 0 Å². The number of aliphatic carboxylic acids is 1. The van der Waals surface area contributed by atoms with E-state index in [9.17, 15) is 9.59 Å². The lowest BCUT2D eigenvalue weighted by Crippen LogP contribution is -2.40. The number of nitrogen functional groups attached to an aromatic ring is 1. The summed E-state index contributed by atoms with van der Waals surface area (Å²) in [6, 6.07) is 4.03. The molecule has 0 aliphatic heterocycles. The molecule has 0 radical (unpaired) electrons. The second-order valence-electron chi connectivity index (χ2n) is 4.22. The van der Waals surface area contributed by atoms with E-state index in [-0.39, 0.29) is 5.91 Å². The van der Waals surface area contributed by atoms with Crippen LogP contribution in [0.15, 0.2) is 18.2 Å². The molecule has 1 aromatic carbocycles. The molecule has 0 saturated heterocycles. The first kappa shape index (κ1) is 14.0. The summed E-state index contributed by atoms with van der Waals surface area (Å²) in [7, 11) is 0.